The number of rotatable bonds is 7. The highest BCUT2D eigenvalue weighted by molar-refractivity contribution is 7.92. The molecule has 9 heteroatoms. The lowest BCUT2D eigenvalue weighted by Crippen LogP contribution is -2.26. The molecule has 3 aromatic carbocycles. The van der Waals surface area contributed by atoms with E-state index < -0.39 is 15.8 Å². The second-order valence-electron chi connectivity index (χ2n) is 7.17. The Labute approximate surface area is 195 Å². The average molecular weight is 485 g/mol. The first-order valence-corrected chi connectivity index (χ1v) is 12.4. The van der Waals surface area contributed by atoms with Crippen molar-refractivity contribution in [2.24, 2.45) is 0 Å². The van der Waals surface area contributed by atoms with Crippen LogP contribution in [0.15, 0.2) is 77.7 Å². The van der Waals surface area contributed by atoms with Gasteiger partial charge in [0.2, 0.25) is 0 Å². The van der Waals surface area contributed by atoms with Gasteiger partial charge >= 0.3 is 0 Å². The first kappa shape index (κ1) is 22.8. The van der Waals surface area contributed by atoms with Gasteiger partial charge < -0.3 is 10.1 Å². The Balaban J connectivity index is 1.55. The van der Waals surface area contributed by atoms with Crippen LogP contribution in [0, 0.1) is 5.82 Å². The number of sulfonamides is 1. The van der Waals surface area contributed by atoms with Crippen molar-refractivity contribution in [3.8, 4) is 5.75 Å². The Morgan fingerprint density at radius 3 is 2.39 bits per heavy atom. The maximum atomic E-state index is 13.2. The van der Waals surface area contributed by atoms with Gasteiger partial charge in [0.05, 0.1) is 22.1 Å². The molecule has 0 spiro atoms. The molecule has 1 amide bonds. The topological polar surface area (TPSA) is 75.7 Å². The first-order chi connectivity index (χ1) is 15.8. The summed E-state index contributed by atoms with van der Waals surface area (Å²) in [6, 6.07) is 18.7. The number of carbonyl (C=O) groups is 1. The highest BCUT2D eigenvalue weighted by atomic mass is 32.2. The van der Waals surface area contributed by atoms with Crippen molar-refractivity contribution in [1.82, 2.24) is 0 Å². The summed E-state index contributed by atoms with van der Waals surface area (Å²) in [5.41, 5.74) is 1.08. The third kappa shape index (κ3) is 4.84. The van der Waals surface area contributed by atoms with Crippen LogP contribution in [0.25, 0.3) is 10.1 Å². The van der Waals surface area contributed by atoms with Crippen molar-refractivity contribution in [2.45, 2.75) is 11.8 Å². The average Bonchev–Trinajstić information content (AvgIpc) is 3.24. The van der Waals surface area contributed by atoms with E-state index in [0.717, 1.165) is 32.3 Å². The summed E-state index contributed by atoms with van der Waals surface area (Å²) in [6.45, 7) is 2.47. The van der Waals surface area contributed by atoms with Gasteiger partial charge in [-0.2, -0.15) is 0 Å². The molecule has 0 aliphatic heterocycles. The van der Waals surface area contributed by atoms with Gasteiger partial charge in [0, 0.05) is 17.4 Å². The van der Waals surface area contributed by atoms with Gasteiger partial charge in [0.15, 0.2) is 0 Å². The Morgan fingerprint density at radius 2 is 1.73 bits per heavy atom. The van der Waals surface area contributed by atoms with Gasteiger partial charge in [-0.3, -0.25) is 9.10 Å². The summed E-state index contributed by atoms with van der Waals surface area (Å²) in [5.74, 6) is -0.0360. The van der Waals surface area contributed by atoms with E-state index in [1.807, 2.05) is 6.92 Å². The molecule has 0 radical (unpaired) electrons. The van der Waals surface area contributed by atoms with Crippen LogP contribution < -0.4 is 14.4 Å². The molecule has 170 valence electrons. The Bertz CT molecular complexity index is 1400. The van der Waals surface area contributed by atoms with Crippen molar-refractivity contribution in [2.75, 3.05) is 23.3 Å². The van der Waals surface area contributed by atoms with Crippen molar-refractivity contribution in [3.05, 3.63) is 83.5 Å². The molecule has 1 heterocycles. The van der Waals surface area contributed by atoms with E-state index in [1.54, 1.807) is 48.5 Å². The number of nitrogens with zero attached hydrogens (tertiary/aromatic N) is 1. The Morgan fingerprint density at radius 1 is 1.03 bits per heavy atom. The quantitative estimate of drug-likeness (QED) is 0.375. The molecule has 6 nitrogen and oxygen atoms in total. The number of hydrogen-bond donors (Lipinski definition) is 1. The summed E-state index contributed by atoms with van der Waals surface area (Å²) in [6.07, 6.45) is 0. The zero-order valence-electron chi connectivity index (χ0n) is 17.9. The molecule has 4 rings (SSSR count). The number of thiophene rings is 1. The van der Waals surface area contributed by atoms with E-state index in [2.05, 4.69) is 5.32 Å². The van der Waals surface area contributed by atoms with Gasteiger partial charge in [-0.05, 0) is 85.1 Å². The standard InChI is InChI=1S/C24H21FN2O4S2/c1-3-31-20-9-6-18(7-10-20)26-24(28)23-15-16-14-19(8-13-22(16)32-23)27(2)33(29,30)21-11-4-17(25)5-12-21/h4-15H,3H2,1-2H3,(H,26,28). The Kier molecular flexibility index (Phi) is 6.35. The van der Waals surface area contributed by atoms with Crippen LogP contribution in [0.1, 0.15) is 16.6 Å². The number of halogens is 1. The minimum absolute atomic E-state index is 0.00719. The summed E-state index contributed by atoms with van der Waals surface area (Å²) in [7, 11) is -2.42. The lowest BCUT2D eigenvalue weighted by atomic mass is 10.2. The van der Waals surface area contributed by atoms with E-state index >= 15 is 0 Å². The molecule has 1 N–H and O–H groups in total. The molecule has 0 aliphatic carbocycles. The van der Waals surface area contributed by atoms with Crippen molar-refractivity contribution < 1.29 is 22.3 Å². The van der Waals surface area contributed by atoms with Crippen molar-refractivity contribution in [1.29, 1.82) is 0 Å². The predicted molar refractivity (Wildman–Crippen MR) is 129 cm³/mol. The molecule has 0 saturated heterocycles. The fourth-order valence-electron chi connectivity index (χ4n) is 3.24. The van der Waals surface area contributed by atoms with Crippen molar-refractivity contribution >= 4 is 48.7 Å². The van der Waals surface area contributed by atoms with Crippen LogP contribution in [-0.2, 0) is 10.0 Å². The molecule has 4 aromatic rings. The number of fused-ring (bicyclic) bond motifs is 1. The summed E-state index contributed by atoms with van der Waals surface area (Å²) in [4.78, 5) is 13.2. The molecule has 0 aliphatic rings. The van der Waals surface area contributed by atoms with Gasteiger partial charge in [-0.25, -0.2) is 12.8 Å². The van der Waals surface area contributed by atoms with E-state index in [-0.39, 0.29) is 10.8 Å². The molecular formula is C24H21FN2O4S2. The maximum absolute atomic E-state index is 13.2. The SMILES string of the molecule is CCOc1ccc(NC(=O)c2cc3cc(N(C)S(=O)(=O)c4ccc(F)cc4)ccc3s2)cc1. The zero-order chi connectivity index (χ0) is 23.6. The summed E-state index contributed by atoms with van der Waals surface area (Å²) >= 11 is 1.32. The van der Waals surface area contributed by atoms with Gasteiger partial charge in [-0.15, -0.1) is 11.3 Å². The minimum atomic E-state index is -3.85. The highest BCUT2D eigenvalue weighted by Gasteiger charge is 2.22. The number of hydrogen-bond acceptors (Lipinski definition) is 5. The van der Waals surface area contributed by atoms with Crippen LogP contribution in [0.4, 0.5) is 15.8 Å². The highest BCUT2D eigenvalue weighted by Crippen LogP contribution is 2.31. The number of carbonyl (C=O) groups excluding carboxylic acids is 1. The lowest BCUT2D eigenvalue weighted by molar-refractivity contribution is 0.103. The molecule has 0 saturated carbocycles. The predicted octanol–water partition coefficient (Wildman–Crippen LogP) is 5.52. The second-order valence-corrected chi connectivity index (χ2v) is 10.2. The third-order valence-electron chi connectivity index (χ3n) is 4.98. The maximum Gasteiger partial charge on any atom is 0.265 e. The fourth-order valence-corrected chi connectivity index (χ4v) is 5.36. The van der Waals surface area contributed by atoms with E-state index in [9.17, 15) is 17.6 Å². The molecule has 0 unspecified atom stereocenters. The van der Waals surface area contributed by atoms with Crippen LogP contribution in [0.3, 0.4) is 0 Å². The number of ether oxygens (including phenoxy) is 1. The normalized spacial score (nSPS) is 11.4. The largest absolute Gasteiger partial charge is 0.494 e. The fraction of sp³-hybridized carbons (Fsp3) is 0.125. The third-order valence-corrected chi connectivity index (χ3v) is 7.90. The van der Waals surface area contributed by atoms with Gasteiger partial charge in [-0.1, -0.05) is 0 Å². The first-order valence-electron chi connectivity index (χ1n) is 10.1. The van der Waals surface area contributed by atoms with E-state index in [4.69, 9.17) is 4.74 Å². The molecular weight excluding hydrogens is 463 g/mol. The Hall–Kier alpha value is -3.43. The van der Waals surface area contributed by atoms with E-state index in [1.165, 1.54) is 30.5 Å². The van der Waals surface area contributed by atoms with Crippen LogP contribution in [0.2, 0.25) is 0 Å². The number of anilines is 2. The molecule has 0 bridgehead atoms. The lowest BCUT2D eigenvalue weighted by Gasteiger charge is -2.19. The van der Waals surface area contributed by atoms with Crippen molar-refractivity contribution in [3.63, 3.8) is 0 Å². The number of nitrogens with one attached hydrogen (secondary N) is 1. The van der Waals surface area contributed by atoms with Gasteiger partial charge in [0.1, 0.15) is 11.6 Å². The van der Waals surface area contributed by atoms with Crippen LogP contribution >= 0.6 is 11.3 Å². The molecule has 0 fully saturated rings. The van der Waals surface area contributed by atoms with E-state index in [0.29, 0.717) is 22.9 Å². The summed E-state index contributed by atoms with van der Waals surface area (Å²) in [5, 5.41) is 3.60. The van der Waals surface area contributed by atoms with Gasteiger partial charge in [0.25, 0.3) is 15.9 Å². The van der Waals surface area contributed by atoms with Crippen LogP contribution in [0.5, 0.6) is 5.75 Å². The smallest absolute Gasteiger partial charge is 0.265 e. The zero-order valence-corrected chi connectivity index (χ0v) is 19.5. The molecule has 33 heavy (non-hydrogen) atoms. The molecule has 0 atom stereocenters. The number of amides is 1. The van der Waals surface area contributed by atoms with Crippen LogP contribution in [-0.4, -0.2) is 28.0 Å². The summed E-state index contributed by atoms with van der Waals surface area (Å²) < 4.78 is 46.4. The molecule has 1 aromatic heterocycles. The monoisotopic (exact) mass is 484 g/mol. The second kappa shape index (κ2) is 9.21. The number of benzene rings is 3. The minimum Gasteiger partial charge on any atom is -0.494 e.